The van der Waals surface area contributed by atoms with Crippen LogP contribution in [0.3, 0.4) is 0 Å². The third-order valence-electron chi connectivity index (χ3n) is 4.46. The number of hydrogen-bond donors (Lipinski definition) is 0. The van der Waals surface area contributed by atoms with E-state index in [2.05, 4.69) is 30.9 Å². The molecule has 1 aromatic carbocycles. The van der Waals surface area contributed by atoms with Crippen molar-refractivity contribution < 1.29 is 4.79 Å². The molecule has 1 aliphatic rings. The standard InChI is InChI=1S/C16H23NO/c1-4-16(3)9-11-17(12-10-16)15-7-5-14(6-8-15)13(2)18/h5-8H,4,9-12H2,1-3H3. The van der Waals surface area contributed by atoms with Crippen LogP contribution in [0.4, 0.5) is 5.69 Å². The Kier molecular flexibility index (Phi) is 3.74. The van der Waals surface area contributed by atoms with E-state index >= 15 is 0 Å². The summed E-state index contributed by atoms with van der Waals surface area (Å²) in [6.45, 7) is 8.55. The molecule has 1 fully saturated rings. The largest absolute Gasteiger partial charge is 0.371 e. The zero-order chi connectivity index (χ0) is 13.2. The molecule has 2 heteroatoms. The minimum Gasteiger partial charge on any atom is -0.371 e. The van der Waals surface area contributed by atoms with E-state index < -0.39 is 0 Å². The third kappa shape index (κ3) is 2.74. The molecule has 0 aromatic heterocycles. The van der Waals surface area contributed by atoms with Crippen LogP contribution >= 0.6 is 0 Å². The molecule has 1 heterocycles. The lowest BCUT2D eigenvalue weighted by Crippen LogP contribution is -2.38. The second kappa shape index (κ2) is 5.13. The van der Waals surface area contributed by atoms with E-state index in [4.69, 9.17) is 0 Å². The van der Waals surface area contributed by atoms with E-state index in [-0.39, 0.29) is 5.78 Å². The minimum atomic E-state index is 0.138. The fraction of sp³-hybridized carbons (Fsp3) is 0.562. The number of rotatable bonds is 3. The van der Waals surface area contributed by atoms with E-state index in [1.165, 1.54) is 24.9 Å². The molecule has 0 atom stereocenters. The molecule has 0 saturated carbocycles. The van der Waals surface area contributed by atoms with Crippen LogP contribution < -0.4 is 4.90 Å². The zero-order valence-corrected chi connectivity index (χ0v) is 11.7. The summed E-state index contributed by atoms with van der Waals surface area (Å²) >= 11 is 0. The Balaban J connectivity index is 2.03. The lowest BCUT2D eigenvalue weighted by atomic mass is 9.78. The highest BCUT2D eigenvalue weighted by atomic mass is 16.1. The van der Waals surface area contributed by atoms with Crippen molar-refractivity contribution in [1.29, 1.82) is 0 Å². The predicted octanol–water partition coefficient (Wildman–Crippen LogP) is 3.91. The SMILES string of the molecule is CCC1(C)CCN(c2ccc(C(C)=O)cc2)CC1. The highest BCUT2D eigenvalue weighted by Crippen LogP contribution is 2.35. The molecule has 1 aliphatic heterocycles. The molecule has 0 aliphatic carbocycles. The van der Waals surface area contributed by atoms with Crippen LogP contribution in [-0.2, 0) is 0 Å². The van der Waals surface area contributed by atoms with Crippen molar-refractivity contribution in [3.05, 3.63) is 29.8 Å². The van der Waals surface area contributed by atoms with Gasteiger partial charge in [0.25, 0.3) is 0 Å². The highest BCUT2D eigenvalue weighted by molar-refractivity contribution is 5.94. The number of hydrogen-bond acceptors (Lipinski definition) is 2. The Morgan fingerprint density at radius 3 is 2.22 bits per heavy atom. The van der Waals surface area contributed by atoms with Crippen molar-refractivity contribution in [3.8, 4) is 0 Å². The van der Waals surface area contributed by atoms with E-state index in [0.717, 1.165) is 18.7 Å². The van der Waals surface area contributed by atoms with E-state index in [9.17, 15) is 4.79 Å². The average Bonchev–Trinajstić information content (AvgIpc) is 2.40. The molecule has 1 saturated heterocycles. The average molecular weight is 245 g/mol. The summed E-state index contributed by atoms with van der Waals surface area (Å²) in [6, 6.07) is 8.02. The molecule has 0 amide bonds. The second-order valence-electron chi connectivity index (χ2n) is 5.75. The molecular formula is C16H23NO. The van der Waals surface area contributed by atoms with Crippen LogP contribution in [-0.4, -0.2) is 18.9 Å². The number of anilines is 1. The molecule has 0 bridgehead atoms. The van der Waals surface area contributed by atoms with Crippen molar-refractivity contribution in [2.45, 2.75) is 40.0 Å². The predicted molar refractivity (Wildman–Crippen MR) is 76.3 cm³/mol. The van der Waals surface area contributed by atoms with Crippen LogP contribution in [0.25, 0.3) is 0 Å². The lowest BCUT2D eigenvalue weighted by molar-refractivity contribution is 0.101. The molecule has 2 nitrogen and oxygen atoms in total. The number of Topliss-reactive ketones (excluding diaryl/α,β-unsaturated/α-hetero) is 1. The van der Waals surface area contributed by atoms with Gasteiger partial charge in [0.15, 0.2) is 5.78 Å². The van der Waals surface area contributed by atoms with Crippen LogP contribution in [0, 0.1) is 5.41 Å². The van der Waals surface area contributed by atoms with Crippen molar-refractivity contribution in [2.24, 2.45) is 5.41 Å². The van der Waals surface area contributed by atoms with Gasteiger partial charge in [0.2, 0.25) is 0 Å². The lowest BCUT2D eigenvalue weighted by Gasteiger charge is -2.40. The molecule has 2 rings (SSSR count). The van der Waals surface area contributed by atoms with Crippen molar-refractivity contribution in [2.75, 3.05) is 18.0 Å². The fourth-order valence-corrected chi connectivity index (χ4v) is 2.57. The van der Waals surface area contributed by atoms with Crippen LogP contribution in [0.1, 0.15) is 50.4 Å². The van der Waals surface area contributed by atoms with E-state index in [1.807, 2.05) is 12.1 Å². The zero-order valence-electron chi connectivity index (χ0n) is 11.7. The Morgan fingerprint density at radius 1 is 1.22 bits per heavy atom. The first-order chi connectivity index (χ1) is 8.54. The van der Waals surface area contributed by atoms with E-state index in [1.54, 1.807) is 6.92 Å². The van der Waals surface area contributed by atoms with Gasteiger partial charge in [-0.25, -0.2) is 0 Å². The van der Waals surface area contributed by atoms with Gasteiger partial charge in [0, 0.05) is 24.3 Å². The summed E-state index contributed by atoms with van der Waals surface area (Å²) in [5, 5.41) is 0. The van der Waals surface area contributed by atoms with Gasteiger partial charge in [-0.05, 0) is 49.4 Å². The number of piperidine rings is 1. The van der Waals surface area contributed by atoms with Gasteiger partial charge in [-0.2, -0.15) is 0 Å². The number of carbonyl (C=O) groups excluding carboxylic acids is 1. The highest BCUT2D eigenvalue weighted by Gasteiger charge is 2.28. The molecule has 1 aromatic rings. The quantitative estimate of drug-likeness (QED) is 0.753. The number of nitrogens with zero attached hydrogens (tertiary/aromatic N) is 1. The van der Waals surface area contributed by atoms with Gasteiger partial charge in [-0.3, -0.25) is 4.79 Å². The summed E-state index contributed by atoms with van der Waals surface area (Å²) in [5.74, 6) is 0.138. The summed E-state index contributed by atoms with van der Waals surface area (Å²) in [5.41, 5.74) is 2.57. The molecule has 18 heavy (non-hydrogen) atoms. The molecular weight excluding hydrogens is 222 g/mol. The van der Waals surface area contributed by atoms with Crippen molar-refractivity contribution in [3.63, 3.8) is 0 Å². The molecule has 0 spiro atoms. The number of carbonyl (C=O) groups is 1. The summed E-state index contributed by atoms with van der Waals surface area (Å²) in [4.78, 5) is 13.7. The monoisotopic (exact) mass is 245 g/mol. The van der Waals surface area contributed by atoms with Gasteiger partial charge in [-0.1, -0.05) is 20.3 Å². The van der Waals surface area contributed by atoms with Crippen LogP contribution in [0.15, 0.2) is 24.3 Å². The molecule has 0 N–H and O–H groups in total. The Morgan fingerprint density at radius 2 is 1.78 bits per heavy atom. The fourth-order valence-electron chi connectivity index (χ4n) is 2.57. The maximum atomic E-state index is 11.2. The van der Waals surface area contributed by atoms with Crippen molar-refractivity contribution >= 4 is 11.5 Å². The third-order valence-corrected chi connectivity index (χ3v) is 4.46. The van der Waals surface area contributed by atoms with E-state index in [0.29, 0.717) is 5.41 Å². The second-order valence-corrected chi connectivity index (χ2v) is 5.75. The number of benzene rings is 1. The van der Waals surface area contributed by atoms with Crippen LogP contribution in [0.5, 0.6) is 0 Å². The van der Waals surface area contributed by atoms with Gasteiger partial charge in [-0.15, -0.1) is 0 Å². The Labute approximate surface area is 110 Å². The van der Waals surface area contributed by atoms with Gasteiger partial charge < -0.3 is 4.90 Å². The smallest absolute Gasteiger partial charge is 0.159 e. The Hall–Kier alpha value is -1.31. The van der Waals surface area contributed by atoms with Gasteiger partial charge >= 0.3 is 0 Å². The molecule has 0 radical (unpaired) electrons. The summed E-state index contributed by atoms with van der Waals surface area (Å²) in [6.07, 6.45) is 3.79. The maximum absolute atomic E-state index is 11.2. The molecule has 98 valence electrons. The maximum Gasteiger partial charge on any atom is 0.159 e. The Bertz CT molecular complexity index is 413. The normalized spacial score (nSPS) is 18.7. The summed E-state index contributed by atoms with van der Waals surface area (Å²) in [7, 11) is 0. The first-order valence-corrected chi connectivity index (χ1v) is 6.90. The first kappa shape index (κ1) is 13.1. The first-order valence-electron chi connectivity index (χ1n) is 6.90. The minimum absolute atomic E-state index is 0.138. The van der Waals surface area contributed by atoms with Crippen molar-refractivity contribution in [1.82, 2.24) is 0 Å². The van der Waals surface area contributed by atoms with Gasteiger partial charge in [0.1, 0.15) is 0 Å². The van der Waals surface area contributed by atoms with Gasteiger partial charge in [0.05, 0.1) is 0 Å². The topological polar surface area (TPSA) is 20.3 Å². The summed E-state index contributed by atoms with van der Waals surface area (Å²) < 4.78 is 0. The number of ketones is 1. The van der Waals surface area contributed by atoms with Crippen LogP contribution in [0.2, 0.25) is 0 Å². The molecule has 0 unspecified atom stereocenters.